The summed E-state index contributed by atoms with van der Waals surface area (Å²) < 4.78 is 0. The van der Waals surface area contributed by atoms with Gasteiger partial charge in [-0.1, -0.05) is 41.0 Å². The van der Waals surface area contributed by atoms with Gasteiger partial charge in [0.15, 0.2) is 5.82 Å². The Morgan fingerprint density at radius 2 is 2.17 bits per heavy atom. The molecular formula is C15H14Cl2N4OS. The van der Waals surface area contributed by atoms with Gasteiger partial charge < -0.3 is 15.2 Å². The largest absolute Gasteiger partial charge is 0.347 e. The van der Waals surface area contributed by atoms with Crippen LogP contribution in [0, 0.1) is 5.92 Å². The number of hydrogen-bond donors (Lipinski definition) is 2. The molecule has 0 saturated carbocycles. The normalized spacial score (nSPS) is 22.8. The highest BCUT2D eigenvalue weighted by molar-refractivity contribution is 7.99. The lowest BCUT2D eigenvalue weighted by Crippen LogP contribution is -2.57. The number of anilines is 1. The number of rotatable bonds is 3. The molecule has 2 N–H and O–H groups in total. The average Bonchev–Trinajstić information content (AvgIpc) is 2.87. The van der Waals surface area contributed by atoms with Crippen LogP contribution < -0.4 is 15.8 Å². The molecule has 2 aliphatic rings. The second kappa shape index (κ2) is 6.02. The summed E-state index contributed by atoms with van der Waals surface area (Å²) >= 11 is 13.5. The van der Waals surface area contributed by atoms with Gasteiger partial charge >= 0.3 is 0 Å². The topological polar surface area (TPSA) is 61.0 Å². The Bertz CT molecular complexity index is 812. The Morgan fingerprint density at radius 3 is 2.96 bits per heavy atom. The molecule has 2 aliphatic heterocycles. The van der Waals surface area contributed by atoms with E-state index >= 15 is 0 Å². The van der Waals surface area contributed by atoms with E-state index in [-0.39, 0.29) is 5.56 Å². The molecule has 1 aromatic carbocycles. The molecule has 8 heteroatoms. The molecular weight excluding hydrogens is 355 g/mol. The van der Waals surface area contributed by atoms with E-state index in [0.29, 0.717) is 32.8 Å². The van der Waals surface area contributed by atoms with Crippen LogP contribution in [0.2, 0.25) is 10.0 Å². The van der Waals surface area contributed by atoms with Gasteiger partial charge in [0.05, 0.1) is 21.3 Å². The fraction of sp³-hybridized carbons (Fsp3) is 0.333. The highest BCUT2D eigenvalue weighted by Crippen LogP contribution is 2.36. The smallest absolute Gasteiger partial charge is 0.291 e. The zero-order valence-electron chi connectivity index (χ0n) is 12.1. The van der Waals surface area contributed by atoms with Crippen LogP contribution in [0.4, 0.5) is 5.82 Å². The van der Waals surface area contributed by atoms with Crippen LogP contribution in [-0.4, -0.2) is 35.6 Å². The van der Waals surface area contributed by atoms with E-state index in [1.54, 1.807) is 12.3 Å². The minimum atomic E-state index is -0.168. The maximum Gasteiger partial charge on any atom is 0.291 e. The molecule has 0 spiro atoms. The minimum absolute atomic E-state index is 0.168. The Labute approximate surface area is 147 Å². The number of H-pyrrole nitrogens is 1. The van der Waals surface area contributed by atoms with Crippen molar-refractivity contribution in [2.45, 2.75) is 16.0 Å². The third-order valence-corrected chi connectivity index (χ3v) is 6.21. The van der Waals surface area contributed by atoms with Crippen molar-refractivity contribution < 1.29 is 0 Å². The van der Waals surface area contributed by atoms with E-state index in [9.17, 15) is 4.79 Å². The number of halogens is 2. The fourth-order valence-corrected chi connectivity index (χ4v) is 4.38. The summed E-state index contributed by atoms with van der Waals surface area (Å²) in [5.41, 5.74) is -0.168. The predicted molar refractivity (Wildman–Crippen MR) is 92.9 cm³/mol. The van der Waals surface area contributed by atoms with Crippen LogP contribution in [0.3, 0.4) is 0 Å². The van der Waals surface area contributed by atoms with E-state index in [2.05, 4.69) is 20.2 Å². The van der Waals surface area contributed by atoms with Crippen molar-refractivity contribution in [1.82, 2.24) is 15.3 Å². The van der Waals surface area contributed by atoms with Gasteiger partial charge in [-0.15, -0.1) is 0 Å². The molecule has 2 fully saturated rings. The van der Waals surface area contributed by atoms with Crippen molar-refractivity contribution in [3.63, 3.8) is 0 Å². The molecule has 3 heterocycles. The number of aromatic amines is 1. The Kier molecular flexibility index (Phi) is 4.01. The third kappa shape index (κ3) is 2.74. The Balaban J connectivity index is 1.56. The van der Waals surface area contributed by atoms with Gasteiger partial charge in [-0.2, -0.15) is 0 Å². The van der Waals surface area contributed by atoms with Crippen LogP contribution >= 0.6 is 35.0 Å². The molecule has 120 valence electrons. The van der Waals surface area contributed by atoms with Crippen LogP contribution in [-0.2, 0) is 0 Å². The molecule has 1 aromatic heterocycles. The molecule has 2 saturated heterocycles. The first-order valence-electron chi connectivity index (χ1n) is 7.32. The van der Waals surface area contributed by atoms with Crippen molar-refractivity contribution in [2.24, 2.45) is 5.92 Å². The lowest BCUT2D eigenvalue weighted by atomic mass is 9.92. The highest BCUT2D eigenvalue weighted by Gasteiger charge is 2.43. The summed E-state index contributed by atoms with van der Waals surface area (Å²) in [6, 6.07) is 5.80. The van der Waals surface area contributed by atoms with Crippen LogP contribution in [0.1, 0.15) is 0 Å². The van der Waals surface area contributed by atoms with E-state index in [1.165, 1.54) is 11.8 Å². The average molecular weight is 369 g/mol. The zero-order chi connectivity index (χ0) is 16.0. The first-order chi connectivity index (χ1) is 11.1. The van der Waals surface area contributed by atoms with Crippen LogP contribution in [0.25, 0.3) is 0 Å². The van der Waals surface area contributed by atoms with Gasteiger partial charge in [0.1, 0.15) is 0 Å². The second-order valence-corrected chi connectivity index (χ2v) is 7.56. The molecule has 4 rings (SSSR count). The van der Waals surface area contributed by atoms with E-state index < -0.39 is 0 Å². The SMILES string of the molecule is O=c1[nH]c(Sc2cccc(Cl)c2Cl)cnc1N1CC2CNCC21. The van der Waals surface area contributed by atoms with Gasteiger partial charge in [-0.05, 0) is 12.1 Å². The van der Waals surface area contributed by atoms with Crippen molar-refractivity contribution in [2.75, 3.05) is 24.5 Å². The number of hydrogen-bond acceptors (Lipinski definition) is 5. The number of nitrogens with zero attached hydrogens (tertiary/aromatic N) is 2. The number of aromatic nitrogens is 2. The lowest BCUT2D eigenvalue weighted by Gasteiger charge is -2.43. The number of benzene rings is 1. The van der Waals surface area contributed by atoms with Crippen molar-refractivity contribution in [1.29, 1.82) is 0 Å². The summed E-state index contributed by atoms with van der Waals surface area (Å²) in [6.45, 7) is 2.83. The molecule has 5 nitrogen and oxygen atoms in total. The van der Waals surface area contributed by atoms with Gasteiger partial charge in [0.2, 0.25) is 0 Å². The molecule has 0 bridgehead atoms. The fourth-order valence-electron chi connectivity index (χ4n) is 3.08. The van der Waals surface area contributed by atoms with Gasteiger partial charge in [0.25, 0.3) is 5.56 Å². The van der Waals surface area contributed by atoms with Crippen molar-refractivity contribution in [3.05, 3.63) is 44.8 Å². The summed E-state index contributed by atoms with van der Waals surface area (Å²) in [6.07, 6.45) is 1.67. The Morgan fingerprint density at radius 1 is 1.30 bits per heavy atom. The maximum absolute atomic E-state index is 12.4. The quantitative estimate of drug-likeness (QED) is 0.871. The molecule has 2 atom stereocenters. The lowest BCUT2D eigenvalue weighted by molar-refractivity contribution is 0.361. The maximum atomic E-state index is 12.4. The molecule has 2 unspecified atom stereocenters. The molecule has 0 aliphatic carbocycles. The molecule has 0 radical (unpaired) electrons. The minimum Gasteiger partial charge on any atom is -0.347 e. The number of nitrogens with one attached hydrogen (secondary N) is 2. The standard InChI is InChI=1S/C15H14Cl2N4OS/c16-9-2-1-3-11(13(9)17)23-12-6-19-14(15(22)20-12)21-7-8-4-18-5-10(8)21/h1-3,6,8,10,18H,4-5,7H2,(H,20,22). The van der Waals surface area contributed by atoms with Crippen LogP contribution in [0.5, 0.6) is 0 Å². The van der Waals surface area contributed by atoms with Gasteiger partial charge in [-0.3, -0.25) is 4.79 Å². The molecule has 0 amide bonds. The Hall–Kier alpha value is -1.21. The summed E-state index contributed by atoms with van der Waals surface area (Å²) in [7, 11) is 0. The van der Waals surface area contributed by atoms with E-state index in [0.717, 1.165) is 24.5 Å². The zero-order valence-corrected chi connectivity index (χ0v) is 14.4. The summed E-state index contributed by atoms with van der Waals surface area (Å²) in [5, 5.41) is 4.96. The summed E-state index contributed by atoms with van der Waals surface area (Å²) in [4.78, 5) is 22.5. The monoisotopic (exact) mass is 368 g/mol. The highest BCUT2D eigenvalue weighted by atomic mass is 35.5. The first-order valence-corrected chi connectivity index (χ1v) is 8.89. The van der Waals surface area contributed by atoms with E-state index in [1.807, 2.05) is 12.1 Å². The van der Waals surface area contributed by atoms with Gasteiger partial charge in [0, 0.05) is 36.5 Å². The van der Waals surface area contributed by atoms with E-state index in [4.69, 9.17) is 23.2 Å². The molecule has 2 aromatic rings. The first kappa shape index (κ1) is 15.3. The summed E-state index contributed by atoms with van der Waals surface area (Å²) in [5.74, 6) is 1.13. The third-order valence-electron chi connectivity index (χ3n) is 4.29. The van der Waals surface area contributed by atoms with Crippen molar-refractivity contribution >= 4 is 40.8 Å². The predicted octanol–water partition coefficient (Wildman–Crippen LogP) is 2.64. The van der Waals surface area contributed by atoms with Crippen LogP contribution in [0.15, 0.2) is 39.1 Å². The van der Waals surface area contributed by atoms with Crippen molar-refractivity contribution in [3.8, 4) is 0 Å². The van der Waals surface area contributed by atoms with Gasteiger partial charge in [-0.25, -0.2) is 4.98 Å². The second-order valence-electron chi connectivity index (χ2n) is 5.69. The number of fused-ring (bicyclic) bond motifs is 1. The molecule has 23 heavy (non-hydrogen) atoms.